The maximum atomic E-state index is 11.4. The van der Waals surface area contributed by atoms with Gasteiger partial charge in [-0.1, -0.05) is 0 Å². The smallest absolute Gasteiger partial charge is 0.404 e. The largest absolute Gasteiger partial charge is 0.445 e. The van der Waals surface area contributed by atoms with Crippen molar-refractivity contribution in [2.45, 2.75) is 39.6 Å². The molecule has 54 heavy (non-hydrogen) atoms. The van der Waals surface area contributed by atoms with Gasteiger partial charge in [-0.2, -0.15) is 10.2 Å². The van der Waals surface area contributed by atoms with Gasteiger partial charge in [-0.3, -0.25) is 5.43 Å². The number of carbonyl (C=O) groups is 6. The van der Waals surface area contributed by atoms with Crippen LogP contribution in [0.5, 0.6) is 0 Å². The van der Waals surface area contributed by atoms with E-state index in [1.54, 1.807) is 60.7 Å². The van der Waals surface area contributed by atoms with Crippen LogP contribution in [0.15, 0.2) is 65.8 Å². The van der Waals surface area contributed by atoms with E-state index in [2.05, 4.69) is 5.43 Å². The highest BCUT2D eigenvalue weighted by Gasteiger charge is 2.21. The van der Waals surface area contributed by atoms with Gasteiger partial charge in [-0.15, -0.1) is 0 Å². The molecule has 21 heteroatoms. The maximum Gasteiger partial charge on any atom is 0.404 e. The van der Waals surface area contributed by atoms with Gasteiger partial charge in [0.05, 0.1) is 17.1 Å². The second-order valence-corrected chi connectivity index (χ2v) is 11.2. The van der Waals surface area contributed by atoms with Crippen LogP contribution in [-0.2, 0) is 68.1 Å². The molecular formula is C33H35N9O12. The van der Waals surface area contributed by atoms with Gasteiger partial charge in [-0.25, -0.2) is 28.8 Å². The summed E-state index contributed by atoms with van der Waals surface area (Å²) in [6.07, 6.45) is -4.56. The summed E-state index contributed by atoms with van der Waals surface area (Å²) >= 11 is 0. The second kappa shape index (κ2) is 18.0. The van der Waals surface area contributed by atoms with Gasteiger partial charge in [0.2, 0.25) is 0 Å². The van der Waals surface area contributed by atoms with Gasteiger partial charge in [0.25, 0.3) is 0 Å². The predicted octanol–water partition coefficient (Wildman–Crippen LogP) is 2.03. The molecule has 21 nitrogen and oxygen atoms in total. The molecule has 0 spiro atoms. The highest BCUT2D eigenvalue weighted by Crippen LogP contribution is 2.28. The van der Waals surface area contributed by atoms with Gasteiger partial charge in [0.15, 0.2) is 0 Å². The van der Waals surface area contributed by atoms with Crippen molar-refractivity contribution in [2.24, 2.45) is 39.5 Å². The van der Waals surface area contributed by atoms with Crippen LogP contribution in [-0.4, -0.2) is 42.3 Å². The van der Waals surface area contributed by atoms with Crippen molar-refractivity contribution in [3.63, 3.8) is 0 Å². The topological polar surface area (TPSA) is 342 Å². The number of amides is 6. The number of primary amides is 6. The number of hydrazone groups is 1. The molecule has 284 valence electrons. The molecule has 0 saturated heterocycles. The van der Waals surface area contributed by atoms with E-state index in [0.717, 1.165) is 0 Å². The number of ether oxygens (including phenoxy) is 6. The Morgan fingerprint density at radius 2 is 0.759 bits per heavy atom. The molecule has 3 aromatic carbocycles. The van der Waals surface area contributed by atoms with Crippen molar-refractivity contribution in [2.75, 3.05) is 5.12 Å². The Kier molecular flexibility index (Phi) is 13.0. The number of rotatable bonds is 15. The molecule has 0 bridgehead atoms. The van der Waals surface area contributed by atoms with Crippen LogP contribution in [0.4, 0.5) is 34.5 Å². The molecule has 3 aromatic rings. The standard InChI is InChI=1S/C33H35N9O12/c34-28(43)49-11-17-1-18(12-50-29(35)44)5-23(4-17)26-10-27(24-6-19(13-51-30(36)45)2-20(7-24)14-52-31(37)46)41-42(40-26)25-8-21(15-53-32(38)47)3-22(9-25)16-54-33(39)48/h1-10,40H,11-16H2,(H2,34,43)(H2,35,44)(H2,36,45)(H2,37,46)(H2,38,47)(H2,39,48). The summed E-state index contributed by atoms with van der Waals surface area (Å²) in [7, 11) is 0. The van der Waals surface area contributed by atoms with E-state index in [0.29, 0.717) is 55.9 Å². The SMILES string of the molecule is NC(=O)OCc1cc(COC(N)=O)cc(C2=CC(c3cc(COC(N)=O)cc(COC(N)=O)c3)=NN(c3cc(COC(N)=O)cc(COC(N)=O)c3)N2)c1. The van der Waals surface area contributed by atoms with Crippen LogP contribution < -0.4 is 44.9 Å². The van der Waals surface area contributed by atoms with Gasteiger partial charge >= 0.3 is 36.6 Å². The molecule has 1 aliphatic rings. The fourth-order valence-corrected chi connectivity index (χ4v) is 4.98. The third-order valence-electron chi connectivity index (χ3n) is 7.00. The fourth-order valence-electron chi connectivity index (χ4n) is 4.98. The Hall–Kier alpha value is -7.71. The quantitative estimate of drug-likeness (QED) is 0.109. The Labute approximate surface area is 305 Å². The number of hydrogen-bond acceptors (Lipinski definition) is 15. The first-order chi connectivity index (χ1) is 25.6. The van der Waals surface area contributed by atoms with Crippen LogP contribution in [0.25, 0.3) is 5.70 Å². The van der Waals surface area contributed by atoms with Crippen LogP contribution in [0.3, 0.4) is 0 Å². The number of hydrazine groups is 1. The summed E-state index contributed by atoms with van der Waals surface area (Å²) in [6.45, 7) is -1.54. The Balaban J connectivity index is 1.92. The molecule has 0 aliphatic carbocycles. The highest BCUT2D eigenvalue weighted by molar-refractivity contribution is 6.13. The van der Waals surface area contributed by atoms with E-state index < -0.39 is 36.6 Å². The van der Waals surface area contributed by atoms with Crippen molar-refractivity contribution < 1.29 is 57.2 Å². The normalized spacial score (nSPS) is 11.9. The van der Waals surface area contributed by atoms with Crippen molar-refractivity contribution >= 4 is 53.7 Å². The third-order valence-corrected chi connectivity index (χ3v) is 7.00. The van der Waals surface area contributed by atoms with E-state index >= 15 is 0 Å². The molecule has 4 rings (SSSR count). The maximum absolute atomic E-state index is 11.4. The first-order valence-electron chi connectivity index (χ1n) is 15.4. The summed E-state index contributed by atoms with van der Waals surface area (Å²) in [5.74, 6) is 0. The number of nitrogens with one attached hydrogen (secondary N) is 1. The molecule has 0 saturated carbocycles. The average molecular weight is 750 g/mol. The summed E-state index contributed by atoms with van der Waals surface area (Å²) in [5.41, 5.74) is 38.7. The molecule has 1 aliphatic heterocycles. The van der Waals surface area contributed by atoms with E-state index in [4.69, 9.17) is 67.9 Å². The molecule has 0 aromatic heterocycles. The molecule has 1 heterocycles. The third kappa shape index (κ3) is 12.3. The van der Waals surface area contributed by atoms with Crippen molar-refractivity contribution in [3.05, 3.63) is 105 Å². The second-order valence-electron chi connectivity index (χ2n) is 11.2. The molecule has 6 amide bonds. The summed E-state index contributed by atoms with van der Waals surface area (Å²) in [5, 5.41) is 6.11. The number of allylic oxidation sites excluding steroid dienone is 1. The van der Waals surface area contributed by atoms with Crippen molar-refractivity contribution in [3.8, 4) is 0 Å². The Morgan fingerprint density at radius 1 is 0.463 bits per heavy atom. The van der Waals surface area contributed by atoms with Gasteiger partial charge < -0.3 is 62.8 Å². The lowest BCUT2D eigenvalue weighted by Gasteiger charge is -2.29. The van der Waals surface area contributed by atoms with E-state index in [9.17, 15) is 28.8 Å². The van der Waals surface area contributed by atoms with E-state index in [-0.39, 0.29) is 45.4 Å². The predicted molar refractivity (Wildman–Crippen MR) is 186 cm³/mol. The fraction of sp³-hybridized carbons (Fsp3) is 0.182. The monoisotopic (exact) mass is 749 g/mol. The zero-order valence-corrected chi connectivity index (χ0v) is 28.3. The zero-order valence-electron chi connectivity index (χ0n) is 28.3. The van der Waals surface area contributed by atoms with E-state index in [1.807, 2.05) is 0 Å². The molecule has 13 N–H and O–H groups in total. The van der Waals surface area contributed by atoms with Gasteiger partial charge in [0.1, 0.15) is 39.6 Å². The Bertz CT molecular complexity index is 1910. The molecule has 0 fully saturated rings. The van der Waals surface area contributed by atoms with Gasteiger partial charge in [-0.05, 0) is 94.1 Å². The highest BCUT2D eigenvalue weighted by atomic mass is 16.6. The lowest BCUT2D eigenvalue weighted by Crippen LogP contribution is -2.37. The summed E-state index contributed by atoms with van der Waals surface area (Å²) < 4.78 is 29.9. The average Bonchev–Trinajstić information content (AvgIpc) is 3.12. The summed E-state index contributed by atoms with van der Waals surface area (Å²) in [4.78, 5) is 68.6. The first kappa shape index (κ1) is 39.1. The number of benzene rings is 3. The Morgan fingerprint density at radius 3 is 1.07 bits per heavy atom. The summed E-state index contributed by atoms with van der Waals surface area (Å²) in [6, 6.07) is 14.6. The zero-order chi connectivity index (χ0) is 39.4. The molecule has 0 unspecified atom stereocenters. The van der Waals surface area contributed by atoms with Crippen LogP contribution in [0, 0.1) is 0 Å². The minimum atomic E-state index is -1.04. The minimum absolute atomic E-state index is 0.249. The molecular weight excluding hydrogens is 714 g/mol. The van der Waals surface area contributed by atoms with Crippen molar-refractivity contribution in [1.29, 1.82) is 0 Å². The van der Waals surface area contributed by atoms with Crippen LogP contribution in [0.1, 0.15) is 44.5 Å². The number of nitrogens with zero attached hydrogens (tertiary/aromatic N) is 2. The van der Waals surface area contributed by atoms with Crippen LogP contribution >= 0.6 is 0 Å². The minimum Gasteiger partial charge on any atom is -0.445 e. The lowest BCUT2D eigenvalue weighted by atomic mass is 9.99. The number of hydrogen-bond donors (Lipinski definition) is 7. The van der Waals surface area contributed by atoms with Gasteiger partial charge in [0, 0.05) is 11.1 Å². The van der Waals surface area contributed by atoms with Crippen molar-refractivity contribution in [1.82, 2.24) is 5.43 Å². The number of anilines is 1. The molecule has 0 radical (unpaired) electrons. The molecule has 0 atom stereocenters. The lowest BCUT2D eigenvalue weighted by molar-refractivity contribution is 0.147. The van der Waals surface area contributed by atoms with Crippen LogP contribution in [0.2, 0.25) is 0 Å². The number of nitrogens with two attached hydrogens (primary N) is 6. The van der Waals surface area contributed by atoms with E-state index in [1.165, 1.54) is 5.12 Å². The first-order valence-corrected chi connectivity index (χ1v) is 15.4. The number of carbonyl (C=O) groups excluding carboxylic acids is 6.